The molecule has 1 aliphatic carbocycles. The molecular formula is C23H22N4O. The minimum Gasteiger partial charge on any atom is -0.348 e. The highest BCUT2D eigenvalue weighted by atomic mass is 16.1. The monoisotopic (exact) mass is 370 g/mol. The summed E-state index contributed by atoms with van der Waals surface area (Å²) in [6, 6.07) is 15.7. The average Bonchev–Trinajstić information content (AvgIpc) is 2.75. The van der Waals surface area contributed by atoms with Crippen molar-refractivity contribution in [3.05, 3.63) is 71.2 Å². The summed E-state index contributed by atoms with van der Waals surface area (Å²) in [6.07, 6.45) is 8.04. The minimum atomic E-state index is -0.100. The Bertz CT molecular complexity index is 1030. The number of rotatable bonds is 4. The van der Waals surface area contributed by atoms with Gasteiger partial charge < -0.3 is 5.32 Å². The number of carbonyl (C=O) groups is 1. The van der Waals surface area contributed by atoms with E-state index in [1.165, 1.54) is 19.3 Å². The van der Waals surface area contributed by atoms with E-state index in [9.17, 15) is 4.79 Å². The number of hydrogen-bond acceptors (Lipinski definition) is 4. The fourth-order valence-corrected chi connectivity index (χ4v) is 3.83. The van der Waals surface area contributed by atoms with Gasteiger partial charge in [-0.1, -0.05) is 43.5 Å². The van der Waals surface area contributed by atoms with Crippen molar-refractivity contribution in [3.63, 3.8) is 0 Å². The molecule has 5 heteroatoms. The molecule has 2 aromatic heterocycles. The van der Waals surface area contributed by atoms with E-state index in [4.69, 9.17) is 5.26 Å². The fourth-order valence-electron chi connectivity index (χ4n) is 3.83. The molecule has 0 atom stereocenters. The molecular weight excluding hydrogens is 348 g/mol. The smallest absolute Gasteiger partial charge is 0.270 e. The standard InChI is InChI=1S/C23H22N4O/c24-14-19-11-10-16(15-25-19)12-17-13-22(27-21-9-5-4-8-20(17)21)23(28)26-18-6-2-1-3-7-18/h4-5,8-11,13,15,18H,1-3,6-7,12H2,(H,26,28). The van der Waals surface area contributed by atoms with Crippen LogP contribution in [0.5, 0.6) is 0 Å². The van der Waals surface area contributed by atoms with Crippen molar-refractivity contribution in [2.45, 2.75) is 44.6 Å². The summed E-state index contributed by atoms with van der Waals surface area (Å²) in [4.78, 5) is 21.6. The van der Waals surface area contributed by atoms with Gasteiger partial charge in [-0.2, -0.15) is 5.26 Å². The van der Waals surface area contributed by atoms with Crippen LogP contribution in [-0.2, 0) is 6.42 Å². The molecule has 2 heterocycles. The van der Waals surface area contributed by atoms with Gasteiger partial charge in [0.2, 0.25) is 0 Å². The largest absolute Gasteiger partial charge is 0.348 e. The number of fused-ring (bicyclic) bond motifs is 1. The van der Waals surface area contributed by atoms with Crippen molar-refractivity contribution >= 4 is 16.8 Å². The number of amides is 1. The lowest BCUT2D eigenvalue weighted by Crippen LogP contribution is -2.36. The number of para-hydroxylation sites is 1. The highest BCUT2D eigenvalue weighted by Gasteiger charge is 2.18. The molecule has 28 heavy (non-hydrogen) atoms. The van der Waals surface area contributed by atoms with Gasteiger partial charge >= 0.3 is 0 Å². The molecule has 4 rings (SSSR count). The third-order valence-electron chi connectivity index (χ3n) is 5.31. The predicted octanol–water partition coefficient (Wildman–Crippen LogP) is 4.15. The first-order valence-electron chi connectivity index (χ1n) is 9.77. The average molecular weight is 370 g/mol. The molecule has 1 fully saturated rings. The molecule has 0 unspecified atom stereocenters. The molecule has 0 saturated heterocycles. The second-order valence-corrected chi connectivity index (χ2v) is 7.33. The topological polar surface area (TPSA) is 78.7 Å². The summed E-state index contributed by atoms with van der Waals surface area (Å²) in [5.41, 5.74) is 3.70. The van der Waals surface area contributed by atoms with Crippen LogP contribution in [0.25, 0.3) is 10.9 Å². The third kappa shape index (κ3) is 4.01. The van der Waals surface area contributed by atoms with Gasteiger partial charge in [-0.15, -0.1) is 0 Å². The number of pyridine rings is 2. The summed E-state index contributed by atoms with van der Waals surface area (Å²) in [7, 11) is 0. The van der Waals surface area contributed by atoms with Crippen LogP contribution in [0.2, 0.25) is 0 Å². The van der Waals surface area contributed by atoms with Crippen LogP contribution in [0.15, 0.2) is 48.7 Å². The Balaban J connectivity index is 1.64. The number of nitrogens with one attached hydrogen (secondary N) is 1. The maximum Gasteiger partial charge on any atom is 0.270 e. The lowest BCUT2D eigenvalue weighted by molar-refractivity contribution is 0.0923. The van der Waals surface area contributed by atoms with Crippen molar-refractivity contribution in [2.24, 2.45) is 0 Å². The summed E-state index contributed by atoms with van der Waals surface area (Å²) < 4.78 is 0. The van der Waals surface area contributed by atoms with Crippen LogP contribution in [-0.4, -0.2) is 21.9 Å². The summed E-state index contributed by atoms with van der Waals surface area (Å²) in [6.45, 7) is 0. The quantitative estimate of drug-likeness (QED) is 0.748. The number of nitriles is 1. The van der Waals surface area contributed by atoms with Crippen molar-refractivity contribution in [1.82, 2.24) is 15.3 Å². The second kappa shape index (κ2) is 8.18. The Morgan fingerprint density at radius 3 is 2.71 bits per heavy atom. The summed E-state index contributed by atoms with van der Waals surface area (Å²) in [5.74, 6) is -0.100. The molecule has 5 nitrogen and oxygen atoms in total. The lowest BCUT2D eigenvalue weighted by Gasteiger charge is -2.22. The van der Waals surface area contributed by atoms with Crippen molar-refractivity contribution in [3.8, 4) is 6.07 Å². The Morgan fingerprint density at radius 1 is 1.14 bits per heavy atom. The van der Waals surface area contributed by atoms with Crippen LogP contribution < -0.4 is 5.32 Å². The maximum atomic E-state index is 12.8. The third-order valence-corrected chi connectivity index (χ3v) is 5.31. The van der Waals surface area contributed by atoms with Gasteiger partial charge in [-0.3, -0.25) is 4.79 Å². The van der Waals surface area contributed by atoms with E-state index in [1.54, 1.807) is 12.3 Å². The number of nitrogens with zero attached hydrogens (tertiary/aromatic N) is 3. The lowest BCUT2D eigenvalue weighted by atomic mass is 9.95. The van der Waals surface area contributed by atoms with E-state index in [0.717, 1.165) is 34.9 Å². The molecule has 3 aromatic rings. The van der Waals surface area contributed by atoms with Gasteiger partial charge in [-0.25, -0.2) is 9.97 Å². The first-order valence-corrected chi connectivity index (χ1v) is 9.77. The molecule has 1 aromatic carbocycles. The Labute approximate surface area is 164 Å². The second-order valence-electron chi connectivity index (χ2n) is 7.33. The number of benzene rings is 1. The van der Waals surface area contributed by atoms with E-state index >= 15 is 0 Å². The Kier molecular flexibility index (Phi) is 5.29. The Morgan fingerprint density at radius 2 is 1.96 bits per heavy atom. The van der Waals surface area contributed by atoms with Crippen molar-refractivity contribution in [2.75, 3.05) is 0 Å². The molecule has 1 aliphatic rings. The summed E-state index contributed by atoms with van der Waals surface area (Å²) >= 11 is 0. The van der Waals surface area contributed by atoms with Gasteiger partial charge in [0.25, 0.3) is 5.91 Å². The molecule has 0 spiro atoms. The zero-order chi connectivity index (χ0) is 19.3. The van der Waals surface area contributed by atoms with Gasteiger partial charge in [0, 0.05) is 17.6 Å². The van der Waals surface area contributed by atoms with E-state index < -0.39 is 0 Å². The van der Waals surface area contributed by atoms with Crippen LogP contribution in [0, 0.1) is 11.3 Å². The molecule has 0 aliphatic heterocycles. The van der Waals surface area contributed by atoms with Crippen LogP contribution in [0.4, 0.5) is 0 Å². The molecule has 0 radical (unpaired) electrons. The zero-order valence-electron chi connectivity index (χ0n) is 15.7. The van der Waals surface area contributed by atoms with Gasteiger partial charge in [-0.05, 0) is 48.6 Å². The van der Waals surface area contributed by atoms with E-state index in [1.807, 2.05) is 42.5 Å². The van der Waals surface area contributed by atoms with E-state index in [-0.39, 0.29) is 11.9 Å². The number of carbonyl (C=O) groups excluding carboxylic acids is 1. The van der Waals surface area contributed by atoms with Gasteiger partial charge in [0.05, 0.1) is 5.52 Å². The molecule has 0 bridgehead atoms. The van der Waals surface area contributed by atoms with Crippen LogP contribution in [0.3, 0.4) is 0 Å². The first-order chi connectivity index (χ1) is 13.7. The van der Waals surface area contributed by atoms with Gasteiger partial charge in [0.15, 0.2) is 0 Å². The number of aromatic nitrogens is 2. The molecule has 1 N–H and O–H groups in total. The summed E-state index contributed by atoms with van der Waals surface area (Å²) in [5, 5.41) is 13.1. The van der Waals surface area contributed by atoms with E-state index in [0.29, 0.717) is 17.8 Å². The SMILES string of the molecule is N#Cc1ccc(Cc2cc(C(=O)NC3CCCCC3)nc3ccccc23)cn1. The Hall–Kier alpha value is -3.26. The first kappa shape index (κ1) is 18.1. The van der Waals surface area contributed by atoms with Crippen molar-refractivity contribution in [1.29, 1.82) is 5.26 Å². The normalized spacial score (nSPS) is 14.5. The van der Waals surface area contributed by atoms with Gasteiger partial charge in [0.1, 0.15) is 17.5 Å². The molecule has 140 valence electrons. The number of hydrogen-bond donors (Lipinski definition) is 1. The van der Waals surface area contributed by atoms with Crippen molar-refractivity contribution < 1.29 is 4.79 Å². The highest BCUT2D eigenvalue weighted by molar-refractivity contribution is 5.96. The zero-order valence-corrected chi connectivity index (χ0v) is 15.7. The van der Waals surface area contributed by atoms with Crippen LogP contribution in [0.1, 0.15) is 59.4 Å². The molecule has 1 saturated carbocycles. The maximum absolute atomic E-state index is 12.8. The van der Waals surface area contributed by atoms with E-state index in [2.05, 4.69) is 15.3 Å². The minimum absolute atomic E-state index is 0.100. The highest BCUT2D eigenvalue weighted by Crippen LogP contribution is 2.22. The van der Waals surface area contributed by atoms with Crippen LogP contribution >= 0.6 is 0 Å². The predicted molar refractivity (Wildman–Crippen MR) is 108 cm³/mol. The fraction of sp³-hybridized carbons (Fsp3) is 0.304. The molecule has 1 amide bonds.